The molecular formula is C14H20N2O. The van der Waals surface area contributed by atoms with Gasteiger partial charge in [-0.1, -0.05) is 24.3 Å². The van der Waals surface area contributed by atoms with E-state index in [0.717, 1.165) is 6.54 Å². The van der Waals surface area contributed by atoms with Crippen LogP contribution in [-0.4, -0.2) is 35.8 Å². The molecule has 92 valence electrons. The second-order valence-corrected chi connectivity index (χ2v) is 5.10. The van der Waals surface area contributed by atoms with Gasteiger partial charge in [0.2, 0.25) is 5.91 Å². The Morgan fingerprint density at radius 2 is 2.00 bits per heavy atom. The van der Waals surface area contributed by atoms with E-state index in [1.807, 2.05) is 26.2 Å². The van der Waals surface area contributed by atoms with Crippen LogP contribution in [0.2, 0.25) is 0 Å². The molecule has 0 aromatic heterocycles. The van der Waals surface area contributed by atoms with Gasteiger partial charge >= 0.3 is 0 Å². The van der Waals surface area contributed by atoms with Gasteiger partial charge in [0.1, 0.15) is 6.04 Å². The molecule has 1 aromatic rings. The molecule has 0 bridgehead atoms. The summed E-state index contributed by atoms with van der Waals surface area (Å²) in [7, 11) is 3.64. The van der Waals surface area contributed by atoms with Crippen LogP contribution in [0.25, 0.3) is 0 Å². The van der Waals surface area contributed by atoms with Crippen molar-refractivity contribution in [1.82, 2.24) is 9.80 Å². The molecule has 1 aliphatic heterocycles. The summed E-state index contributed by atoms with van der Waals surface area (Å²) in [5.41, 5.74) is 2.45. The minimum atomic E-state index is -0.110. The van der Waals surface area contributed by atoms with Gasteiger partial charge in [0.25, 0.3) is 0 Å². The van der Waals surface area contributed by atoms with Gasteiger partial charge in [0.15, 0.2) is 0 Å². The Balaban J connectivity index is 2.40. The highest BCUT2D eigenvalue weighted by atomic mass is 16.2. The smallest absolute Gasteiger partial charge is 0.244 e. The topological polar surface area (TPSA) is 23.6 Å². The molecule has 0 radical (unpaired) electrons. The zero-order valence-electron chi connectivity index (χ0n) is 11.0. The van der Waals surface area contributed by atoms with Gasteiger partial charge in [-0.15, -0.1) is 0 Å². The summed E-state index contributed by atoms with van der Waals surface area (Å²) in [6, 6.07) is 8.51. The lowest BCUT2D eigenvalue weighted by molar-refractivity contribution is -0.135. The first-order valence-electron chi connectivity index (χ1n) is 6.07. The van der Waals surface area contributed by atoms with Crippen LogP contribution >= 0.6 is 0 Å². The normalized spacial score (nSPS) is 19.5. The zero-order valence-corrected chi connectivity index (χ0v) is 11.0. The molecule has 2 rings (SSSR count). The van der Waals surface area contributed by atoms with E-state index < -0.39 is 0 Å². The maximum atomic E-state index is 12.3. The summed E-state index contributed by atoms with van der Waals surface area (Å²) in [6.45, 7) is 5.15. The third kappa shape index (κ3) is 2.07. The Hall–Kier alpha value is -1.35. The Bertz CT molecular complexity index is 426. The van der Waals surface area contributed by atoms with E-state index in [1.54, 1.807) is 4.90 Å². The largest absolute Gasteiger partial charge is 0.347 e. The van der Waals surface area contributed by atoms with Crippen molar-refractivity contribution in [1.29, 1.82) is 0 Å². The first kappa shape index (κ1) is 12.1. The molecule has 0 saturated carbocycles. The summed E-state index contributed by atoms with van der Waals surface area (Å²) in [5.74, 6) is 0.170. The Kier molecular flexibility index (Phi) is 3.20. The molecule has 3 nitrogen and oxygen atoms in total. The fraction of sp³-hybridized carbons (Fsp3) is 0.500. The monoisotopic (exact) mass is 232 g/mol. The highest BCUT2D eigenvalue weighted by molar-refractivity contribution is 5.84. The molecule has 0 N–H and O–H groups in total. The standard InChI is InChI=1S/C14H20N2O/c1-10(2)16-9-11-7-5-6-8-12(11)13(16)14(17)15(3)4/h5-8,10,13H,9H2,1-4H3. The molecule has 1 atom stereocenters. The highest BCUT2D eigenvalue weighted by Gasteiger charge is 2.37. The van der Waals surface area contributed by atoms with Crippen LogP contribution in [0.5, 0.6) is 0 Å². The average Bonchev–Trinajstić information content (AvgIpc) is 2.67. The van der Waals surface area contributed by atoms with Crippen molar-refractivity contribution in [3.8, 4) is 0 Å². The number of rotatable bonds is 2. The molecular weight excluding hydrogens is 212 g/mol. The minimum absolute atomic E-state index is 0.110. The maximum absolute atomic E-state index is 12.3. The van der Waals surface area contributed by atoms with Gasteiger partial charge in [-0.3, -0.25) is 9.69 Å². The van der Waals surface area contributed by atoms with Crippen LogP contribution in [0.1, 0.15) is 31.0 Å². The summed E-state index contributed by atoms with van der Waals surface area (Å²) in [4.78, 5) is 16.2. The lowest BCUT2D eigenvalue weighted by atomic mass is 10.0. The molecule has 0 aliphatic carbocycles. The third-order valence-electron chi connectivity index (χ3n) is 3.37. The average molecular weight is 232 g/mol. The SMILES string of the molecule is CC(C)N1Cc2ccccc2C1C(=O)N(C)C. The van der Waals surface area contributed by atoms with Gasteiger partial charge < -0.3 is 4.90 Å². The second-order valence-electron chi connectivity index (χ2n) is 5.10. The van der Waals surface area contributed by atoms with Crippen LogP contribution in [0.15, 0.2) is 24.3 Å². The quantitative estimate of drug-likeness (QED) is 0.779. The van der Waals surface area contributed by atoms with E-state index in [2.05, 4.69) is 30.9 Å². The van der Waals surface area contributed by atoms with E-state index in [-0.39, 0.29) is 11.9 Å². The number of likely N-dealkylation sites (N-methyl/N-ethyl adjacent to an activating group) is 1. The molecule has 1 aliphatic rings. The maximum Gasteiger partial charge on any atom is 0.244 e. The van der Waals surface area contributed by atoms with Gasteiger partial charge in [0, 0.05) is 26.7 Å². The highest BCUT2D eigenvalue weighted by Crippen LogP contribution is 2.35. The van der Waals surface area contributed by atoms with Crippen LogP contribution < -0.4 is 0 Å². The third-order valence-corrected chi connectivity index (χ3v) is 3.37. The minimum Gasteiger partial charge on any atom is -0.347 e. The van der Waals surface area contributed by atoms with Crippen LogP contribution in [-0.2, 0) is 11.3 Å². The molecule has 0 saturated heterocycles. The number of carbonyl (C=O) groups excluding carboxylic acids is 1. The van der Waals surface area contributed by atoms with E-state index in [1.165, 1.54) is 11.1 Å². The summed E-state index contributed by atoms with van der Waals surface area (Å²) < 4.78 is 0. The number of hydrogen-bond acceptors (Lipinski definition) is 2. The van der Waals surface area contributed by atoms with Crippen molar-refractivity contribution < 1.29 is 4.79 Å². The van der Waals surface area contributed by atoms with E-state index in [4.69, 9.17) is 0 Å². The molecule has 3 heteroatoms. The Morgan fingerprint density at radius 1 is 1.35 bits per heavy atom. The number of hydrogen-bond donors (Lipinski definition) is 0. The number of amides is 1. The van der Waals surface area contributed by atoms with Crippen molar-refractivity contribution in [2.24, 2.45) is 0 Å². The molecule has 1 amide bonds. The van der Waals surface area contributed by atoms with Gasteiger partial charge in [0.05, 0.1) is 0 Å². The molecule has 1 heterocycles. The summed E-state index contributed by atoms with van der Waals surface area (Å²) in [6.07, 6.45) is 0. The van der Waals surface area contributed by atoms with Gasteiger partial charge in [-0.25, -0.2) is 0 Å². The first-order chi connectivity index (χ1) is 8.02. The Labute approximate surface area is 103 Å². The molecule has 1 unspecified atom stereocenters. The fourth-order valence-electron chi connectivity index (χ4n) is 2.41. The fourth-order valence-corrected chi connectivity index (χ4v) is 2.41. The number of fused-ring (bicyclic) bond motifs is 1. The van der Waals surface area contributed by atoms with Gasteiger partial charge in [-0.2, -0.15) is 0 Å². The second kappa shape index (κ2) is 4.49. The number of carbonyl (C=O) groups is 1. The molecule has 17 heavy (non-hydrogen) atoms. The predicted octanol–water partition coefficient (Wildman–Crippen LogP) is 2.04. The zero-order chi connectivity index (χ0) is 12.6. The van der Waals surface area contributed by atoms with Crippen molar-refractivity contribution in [2.45, 2.75) is 32.5 Å². The molecule has 0 spiro atoms. The van der Waals surface area contributed by atoms with E-state index in [0.29, 0.717) is 6.04 Å². The summed E-state index contributed by atoms with van der Waals surface area (Å²) in [5, 5.41) is 0. The Morgan fingerprint density at radius 3 is 2.59 bits per heavy atom. The van der Waals surface area contributed by atoms with Crippen molar-refractivity contribution in [3.63, 3.8) is 0 Å². The van der Waals surface area contributed by atoms with E-state index in [9.17, 15) is 4.79 Å². The van der Waals surface area contributed by atoms with Gasteiger partial charge in [-0.05, 0) is 25.0 Å². The van der Waals surface area contributed by atoms with Crippen LogP contribution in [0, 0.1) is 0 Å². The number of benzene rings is 1. The van der Waals surface area contributed by atoms with Crippen molar-refractivity contribution in [3.05, 3.63) is 35.4 Å². The van der Waals surface area contributed by atoms with Crippen molar-refractivity contribution >= 4 is 5.91 Å². The number of nitrogens with zero attached hydrogens (tertiary/aromatic N) is 2. The molecule has 0 fully saturated rings. The lowest BCUT2D eigenvalue weighted by Gasteiger charge is -2.29. The summed E-state index contributed by atoms with van der Waals surface area (Å²) >= 11 is 0. The van der Waals surface area contributed by atoms with Crippen LogP contribution in [0.3, 0.4) is 0 Å². The first-order valence-corrected chi connectivity index (χ1v) is 6.07. The van der Waals surface area contributed by atoms with Crippen LogP contribution in [0.4, 0.5) is 0 Å². The lowest BCUT2D eigenvalue weighted by Crippen LogP contribution is -2.39. The van der Waals surface area contributed by atoms with Crippen molar-refractivity contribution in [2.75, 3.05) is 14.1 Å². The predicted molar refractivity (Wildman–Crippen MR) is 68.6 cm³/mol. The van der Waals surface area contributed by atoms with E-state index >= 15 is 0 Å². The molecule has 1 aromatic carbocycles.